The predicted molar refractivity (Wildman–Crippen MR) is 292 cm³/mol. The van der Waals surface area contributed by atoms with Crippen molar-refractivity contribution in [2.24, 2.45) is 0 Å². The van der Waals surface area contributed by atoms with Crippen LogP contribution >= 0.6 is 0 Å². The standard InChI is InChI=1S/C67H50N2/c1-5-13-52(14-6-1)57-27-39-63(40-28-57)68(64-41-29-58(30-42-64)53-15-7-2-8-16-53)62-37-23-51(24-38-62)49-50-21-25-56(26-22-50)61-35-47-67(48-36-61)69(65-43-31-59(32-44-65)54-17-9-3-10-18-54)66-45-33-60(34-46-66)55-19-11-4-12-20-55/h1-48H,49H2. The van der Waals surface area contributed by atoms with Crippen LogP contribution in [0.25, 0.3) is 55.6 Å². The summed E-state index contributed by atoms with van der Waals surface area (Å²) in [4.78, 5) is 4.68. The zero-order valence-electron chi connectivity index (χ0n) is 38.3. The van der Waals surface area contributed by atoms with Crippen molar-refractivity contribution in [2.45, 2.75) is 6.42 Å². The monoisotopic (exact) mass is 882 g/mol. The van der Waals surface area contributed by atoms with Crippen molar-refractivity contribution < 1.29 is 0 Å². The number of hydrogen-bond acceptors (Lipinski definition) is 2. The average molecular weight is 883 g/mol. The molecule has 11 aromatic rings. The molecule has 0 fully saturated rings. The molecule has 0 spiro atoms. The van der Waals surface area contributed by atoms with E-state index in [9.17, 15) is 0 Å². The summed E-state index contributed by atoms with van der Waals surface area (Å²) < 4.78 is 0. The third-order valence-electron chi connectivity index (χ3n) is 12.9. The molecular formula is C67H50N2. The van der Waals surface area contributed by atoms with Gasteiger partial charge in [0.1, 0.15) is 0 Å². The Balaban J connectivity index is 0.821. The van der Waals surface area contributed by atoms with E-state index in [0.29, 0.717) is 0 Å². The fourth-order valence-electron chi connectivity index (χ4n) is 9.25. The molecule has 0 aromatic heterocycles. The van der Waals surface area contributed by atoms with Crippen LogP contribution in [-0.2, 0) is 6.42 Å². The molecule has 0 radical (unpaired) electrons. The maximum atomic E-state index is 2.34. The molecule has 0 saturated carbocycles. The normalized spacial score (nSPS) is 11.0. The third kappa shape index (κ3) is 9.65. The van der Waals surface area contributed by atoms with Crippen LogP contribution in [0, 0.1) is 0 Å². The summed E-state index contributed by atoms with van der Waals surface area (Å²) in [6, 6.07) is 105. The number of hydrogen-bond donors (Lipinski definition) is 0. The molecule has 0 heterocycles. The molecule has 0 saturated heterocycles. The van der Waals surface area contributed by atoms with E-state index in [4.69, 9.17) is 0 Å². The van der Waals surface area contributed by atoms with Crippen molar-refractivity contribution >= 4 is 34.1 Å². The van der Waals surface area contributed by atoms with Gasteiger partial charge in [0.05, 0.1) is 0 Å². The number of anilines is 6. The van der Waals surface area contributed by atoms with Gasteiger partial charge in [-0.15, -0.1) is 0 Å². The highest BCUT2D eigenvalue weighted by Crippen LogP contribution is 2.39. The van der Waals surface area contributed by atoms with Crippen molar-refractivity contribution in [1.82, 2.24) is 0 Å². The van der Waals surface area contributed by atoms with E-state index in [1.54, 1.807) is 0 Å². The Labute approximate surface area is 406 Å². The minimum atomic E-state index is 0.845. The summed E-state index contributed by atoms with van der Waals surface area (Å²) >= 11 is 0. The second-order valence-electron chi connectivity index (χ2n) is 17.4. The van der Waals surface area contributed by atoms with Crippen LogP contribution in [0.15, 0.2) is 291 Å². The Hall–Kier alpha value is -8.98. The van der Waals surface area contributed by atoms with Crippen LogP contribution in [0.1, 0.15) is 11.1 Å². The Morgan fingerprint density at radius 3 is 0.536 bits per heavy atom. The highest BCUT2D eigenvalue weighted by Gasteiger charge is 2.16. The Morgan fingerprint density at radius 2 is 0.319 bits per heavy atom. The van der Waals surface area contributed by atoms with Crippen LogP contribution in [0.5, 0.6) is 0 Å². The first-order valence-electron chi connectivity index (χ1n) is 23.7. The first-order valence-corrected chi connectivity index (χ1v) is 23.7. The maximum Gasteiger partial charge on any atom is 0.0462 e. The van der Waals surface area contributed by atoms with Crippen molar-refractivity contribution in [3.63, 3.8) is 0 Å². The summed E-state index contributed by atoms with van der Waals surface area (Å²) in [5.74, 6) is 0. The summed E-state index contributed by atoms with van der Waals surface area (Å²) in [6.07, 6.45) is 0.845. The maximum absolute atomic E-state index is 2.34. The lowest BCUT2D eigenvalue weighted by Crippen LogP contribution is -2.10. The molecular weight excluding hydrogens is 833 g/mol. The molecule has 11 rings (SSSR count). The van der Waals surface area contributed by atoms with Crippen LogP contribution in [0.3, 0.4) is 0 Å². The van der Waals surface area contributed by atoms with Crippen LogP contribution < -0.4 is 9.80 Å². The molecule has 11 aromatic carbocycles. The smallest absolute Gasteiger partial charge is 0.0462 e. The van der Waals surface area contributed by atoms with Crippen molar-refractivity contribution in [3.8, 4) is 55.6 Å². The van der Waals surface area contributed by atoms with Gasteiger partial charge in [-0.05, 0) is 146 Å². The van der Waals surface area contributed by atoms with E-state index in [2.05, 4.69) is 301 Å². The largest absolute Gasteiger partial charge is 0.311 e. The first kappa shape index (κ1) is 42.6. The summed E-state index contributed by atoms with van der Waals surface area (Å²) in [6.45, 7) is 0. The lowest BCUT2D eigenvalue weighted by molar-refractivity contribution is 1.18. The van der Waals surface area contributed by atoms with Gasteiger partial charge in [-0.25, -0.2) is 0 Å². The van der Waals surface area contributed by atoms with Gasteiger partial charge in [0.15, 0.2) is 0 Å². The molecule has 0 unspecified atom stereocenters. The second kappa shape index (κ2) is 19.9. The number of rotatable bonds is 13. The molecule has 0 bridgehead atoms. The number of benzene rings is 11. The van der Waals surface area contributed by atoms with E-state index < -0.39 is 0 Å². The minimum absolute atomic E-state index is 0.845. The third-order valence-corrected chi connectivity index (χ3v) is 12.9. The lowest BCUT2D eigenvalue weighted by atomic mass is 9.99. The molecule has 0 amide bonds. The van der Waals surface area contributed by atoms with Crippen molar-refractivity contribution in [1.29, 1.82) is 0 Å². The van der Waals surface area contributed by atoms with E-state index in [-0.39, 0.29) is 0 Å². The molecule has 0 aliphatic rings. The van der Waals surface area contributed by atoms with Crippen molar-refractivity contribution in [2.75, 3.05) is 9.80 Å². The van der Waals surface area contributed by atoms with Crippen LogP contribution in [0.4, 0.5) is 34.1 Å². The summed E-state index contributed by atoms with van der Waals surface area (Å²) in [7, 11) is 0. The van der Waals surface area contributed by atoms with Gasteiger partial charge in [0.2, 0.25) is 0 Å². The summed E-state index contributed by atoms with van der Waals surface area (Å²) in [5, 5.41) is 0. The molecule has 2 heteroatoms. The minimum Gasteiger partial charge on any atom is -0.311 e. The van der Waals surface area contributed by atoms with Gasteiger partial charge in [-0.2, -0.15) is 0 Å². The van der Waals surface area contributed by atoms with Crippen LogP contribution in [0.2, 0.25) is 0 Å². The van der Waals surface area contributed by atoms with E-state index >= 15 is 0 Å². The highest BCUT2D eigenvalue weighted by molar-refractivity contribution is 5.82. The van der Waals surface area contributed by atoms with Gasteiger partial charge in [0.25, 0.3) is 0 Å². The SMILES string of the molecule is c1ccc(-c2ccc(N(c3ccc(Cc4ccc(-c5ccc(N(c6ccc(-c7ccccc7)cc6)c6ccc(-c7ccccc7)cc6)cc5)cc4)cc3)c3ccc(-c4ccccc4)cc3)cc2)cc1. The molecule has 0 atom stereocenters. The van der Waals surface area contributed by atoms with Gasteiger partial charge >= 0.3 is 0 Å². The lowest BCUT2D eigenvalue weighted by Gasteiger charge is -2.26. The van der Waals surface area contributed by atoms with E-state index in [0.717, 1.165) is 40.5 Å². The Bertz CT molecular complexity index is 3190. The Kier molecular flexibility index (Phi) is 12.3. The highest BCUT2D eigenvalue weighted by atomic mass is 15.1. The number of nitrogens with zero attached hydrogens (tertiary/aromatic N) is 2. The Morgan fingerprint density at radius 1 is 0.159 bits per heavy atom. The van der Waals surface area contributed by atoms with E-state index in [1.807, 2.05) is 0 Å². The zero-order chi connectivity index (χ0) is 46.2. The van der Waals surface area contributed by atoms with E-state index in [1.165, 1.54) is 66.8 Å². The first-order chi connectivity index (χ1) is 34.2. The molecule has 69 heavy (non-hydrogen) atoms. The quantitative estimate of drug-likeness (QED) is 0.114. The molecule has 0 aliphatic heterocycles. The average Bonchev–Trinajstić information content (AvgIpc) is 3.44. The van der Waals surface area contributed by atoms with Gasteiger partial charge in [-0.3, -0.25) is 0 Å². The molecule has 0 aliphatic carbocycles. The zero-order valence-corrected chi connectivity index (χ0v) is 38.3. The molecule has 328 valence electrons. The fraction of sp³-hybridized carbons (Fsp3) is 0.0149. The summed E-state index contributed by atoms with van der Waals surface area (Å²) in [5.41, 5.74) is 21.2. The van der Waals surface area contributed by atoms with Gasteiger partial charge in [0, 0.05) is 34.1 Å². The van der Waals surface area contributed by atoms with Crippen molar-refractivity contribution in [3.05, 3.63) is 302 Å². The predicted octanol–water partition coefficient (Wildman–Crippen LogP) is 18.6. The van der Waals surface area contributed by atoms with Crippen LogP contribution in [-0.4, -0.2) is 0 Å². The molecule has 0 N–H and O–H groups in total. The fourth-order valence-corrected chi connectivity index (χ4v) is 9.25. The van der Waals surface area contributed by atoms with Gasteiger partial charge in [-0.1, -0.05) is 218 Å². The topological polar surface area (TPSA) is 6.48 Å². The molecule has 2 nitrogen and oxygen atoms in total. The van der Waals surface area contributed by atoms with Gasteiger partial charge < -0.3 is 9.80 Å². The second-order valence-corrected chi connectivity index (χ2v) is 17.4.